The average Bonchev–Trinajstić information content (AvgIpc) is 2.44. The minimum atomic E-state index is -1.13. The average molecular weight is 177 g/mol. The van der Waals surface area contributed by atoms with Crippen LogP contribution in [0.5, 0.6) is 0 Å². The summed E-state index contributed by atoms with van der Waals surface area (Å²) in [4.78, 5) is 17.1. The van der Waals surface area contributed by atoms with Gasteiger partial charge in [-0.3, -0.25) is 5.32 Å². The number of hydrogen-bond acceptors (Lipinski definition) is 2. The van der Waals surface area contributed by atoms with E-state index in [9.17, 15) is 4.79 Å². The molecule has 0 aliphatic rings. The maximum absolute atomic E-state index is 10.3. The number of amides is 1. The Labute approximate surface area is 73.4 Å². The highest BCUT2D eigenvalue weighted by Crippen LogP contribution is 2.12. The topological polar surface area (TPSA) is 78.0 Å². The van der Waals surface area contributed by atoms with Crippen LogP contribution in [-0.4, -0.2) is 21.2 Å². The van der Waals surface area contributed by atoms with Crippen LogP contribution in [0.2, 0.25) is 0 Å². The van der Waals surface area contributed by atoms with Crippen LogP contribution >= 0.6 is 0 Å². The smallest absolute Gasteiger partial charge is 0.411 e. The highest BCUT2D eigenvalue weighted by Gasteiger charge is 2.03. The van der Waals surface area contributed by atoms with Gasteiger partial charge in [0.25, 0.3) is 0 Å². The van der Waals surface area contributed by atoms with Crippen molar-refractivity contribution in [1.29, 1.82) is 0 Å². The first-order valence-electron chi connectivity index (χ1n) is 3.70. The van der Waals surface area contributed by atoms with Gasteiger partial charge in [-0.1, -0.05) is 12.1 Å². The number of para-hydroxylation sites is 2. The Kier molecular flexibility index (Phi) is 1.63. The molecule has 1 aromatic heterocycles. The van der Waals surface area contributed by atoms with Gasteiger partial charge in [0.2, 0.25) is 5.95 Å². The minimum Gasteiger partial charge on any atom is -0.465 e. The maximum Gasteiger partial charge on any atom is 0.411 e. The van der Waals surface area contributed by atoms with Crippen molar-refractivity contribution in [2.45, 2.75) is 0 Å². The van der Waals surface area contributed by atoms with Crippen LogP contribution in [0.1, 0.15) is 0 Å². The number of nitrogens with zero attached hydrogens (tertiary/aromatic N) is 1. The molecule has 1 amide bonds. The van der Waals surface area contributed by atoms with Gasteiger partial charge in [0.1, 0.15) is 0 Å². The lowest BCUT2D eigenvalue weighted by Crippen LogP contribution is -2.08. The summed E-state index contributed by atoms with van der Waals surface area (Å²) in [6.07, 6.45) is -1.13. The van der Waals surface area contributed by atoms with Crippen LogP contribution in [0.3, 0.4) is 0 Å². The molecule has 0 fully saturated rings. The quantitative estimate of drug-likeness (QED) is 0.619. The zero-order valence-corrected chi connectivity index (χ0v) is 6.61. The van der Waals surface area contributed by atoms with E-state index in [1.165, 1.54) is 0 Å². The van der Waals surface area contributed by atoms with Gasteiger partial charge in [0, 0.05) is 0 Å². The zero-order valence-electron chi connectivity index (χ0n) is 6.61. The molecular weight excluding hydrogens is 170 g/mol. The number of nitrogens with one attached hydrogen (secondary N) is 2. The first-order valence-corrected chi connectivity index (χ1v) is 3.70. The molecule has 0 saturated carbocycles. The third-order valence-corrected chi connectivity index (χ3v) is 1.61. The zero-order chi connectivity index (χ0) is 9.26. The molecule has 0 aliphatic heterocycles. The molecule has 66 valence electrons. The number of rotatable bonds is 1. The first kappa shape index (κ1) is 7.60. The molecule has 0 spiro atoms. The summed E-state index contributed by atoms with van der Waals surface area (Å²) in [5.74, 6) is 0.244. The third kappa shape index (κ3) is 1.44. The van der Waals surface area contributed by atoms with Crippen LogP contribution < -0.4 is 5.32 Å². The van der Waals surface area contributed by atoms with Crippen LogP contribution in [0.25, 0.3) is 11.0 Å². The molecule has 5 nitrogen and oxygen atoms in total. The van der Waals surface area contributed by atoms with Gasteiger partial charge in [-0.25, -0.2) is 9.78 Å². The summed E-state index contributed by atoms with van der Waals surface area (Å²) >= 11 is 0. The van der Waals surface area contributed by atoms with Gasteiger partial charge in [-0.05, 0) is 12.1 Å². The standard InChI is InChI=1S/C8H7N3O2/c12-8(13)11-7-9-5-3-1-2-4-6(5)10-7/h1-4H,(H,12,13)(H2,9,10,11). The number of carboxylic acid groups (broad SMARTS) is 1. The van der Waals surface area contributed by atoms with Crippen LogP contribution in [0, 0.1) is 0 Å². The number of benzene rings is 1. The van der Waals surface area contributed by atoms with E-state index in [-0.39, 0.29) is 5.95 Å². The van der Waals surface area contributed by atoms with Crippen molar-refractivity contribution in [3.05, 3.63) is 24.3 Å². The number of imidazole rings is 1. The summed E-state index contributed by atoms with van der Waals surface area (Å²) in [6, 6.07) is 7.33. The second kappa shape index (κ2) is 2.78. The monoisotopic (exact) mass is 177 g/mol. The summed E-state index contributed by atoms with van der Waals surface area (Å²) in [5, 5.41) is 10.6. The van der Waals surface area contributed by atoms with Crippen LogP contribution in [0.4, 0.5) is 10.7 Å². The van der Waals surface area contributed by atoms with E-state index in [4.69, 9.17) is 5.11 Å². The Morgan fingerprint density at radius 3 is 2.92 bits per heavy atom. The Bertz CT molecular complexity index is 416. The summed E-state index contributed by atoms with van der Waals surface area (Å²) < 4.78 is 0. The minimum absolute atomic E-state index is 0.244. The van der Waals surface area contributed by atoms with Crippen LogP contribution in [0.15, 0.2) is 24.3 Å². The molecule has 2 aromatic rings. The Morgan fingerprint density at radius 1 is 1.46 bits per heavy atom. The van der Waals surface area contributed by atoms with Crippen molar-refractivity contribution in [3.8, 4) is 0 Å². The summed E-state index contributed by atoms with van der Waals surface area (Å²) in [7, 11) is 0. The number of hydrogen-bond donors (Lipinski definition) is 3. The molecule has 0 saturated heterocycles. The second-order valence-electron chi connectivity index (χ2n) is 2.53. The van der Waals surface area contributed by atoms with Gasteiger partial charge >= 0.3 is 6.09 Å². The predicted octanol–water partition coefficient (Wildman–Crippen LogP) is 1.65. The number of fused-ring (bicyclic) bond motifs is 1. The number of carbonyl (C=O) groups is 1. The summed E-state index contributed by atoms with van der Waals surface area (Å²) in [6.45, 7) is 0. The normalized spacial score (nSPS) is 10.2. The lowest BCUT2D eigenvalue weighted by molar-refractivity contribution is 0.209. The Morgan fingerprint density at radius 2 is 2.23 bits per heavy atom. The van der Waals surface area contributed by atoms with Crippen molar-refractivity contribution in [3.63, 3.8) is 0 Å². The number of H-pyrrole nitrogens is 1. The van der Waals surface area contributed by atoms with E-state index in [2.05, 4.69) is 15.3 Å². The highest BCUT2D eigenvalue weighted by atomic mass is 16.4. The van der Waals surface area contributed by atoms with Gasteiger partial charge in [-0.2, -0.15) is 0 Å². The summed E-state index contributed by atoms with van der Waals surface area (Å²) in [5.41, 5.74) is 1.55. The van der Waals surface area contributed by atoms with Crippen molar-refractivity contribution in [2.24, 2.45) is 0 Å². The van der Waals surface area contributed by atoms with E-state index < -0.39 is 6.09 Å². The molecule has 13 heavy (non-hydrogen) atoms. The Hall–Kier alpha value is -2.04. The van der Waals surface area contributed by atoms with Gasteiger partial charge in [0.05, 0.1) is 11.0 Å². The van der Waals surface area contributed by atoms with Crippen molar-refractivity contribution < 1.29 is 9.90 Å². The fourth-order valence-electron chi connectivity index (χ4n) is 1.11. The predicted molar refractivity (Wildman–Crippen MR) is 47.7 cm³/mol. The molecule has 0 radical (unpaired) electrons. The number of anilines is 1. The fourth-order valence-corrected chi connectivity index (χ4v) is 1.11. The second-order valence-corrected chi connectivity index (χ2v) is 2.53. The molecule has 1 aromatic carbocycles. The van der Waals surface area contributed by atoms with Crippen molar-refractivity contribution >= 4 is 23.1 Å². The lowest BCUT2D eigenvalue weighted by atomic mass is 10.3. The van der Waals surface area contributed by atoms with E-state index in [0.717, 1.165) is 11.0 Å². The van der Waals surface area contributed by atoms with E-state index in [1.807, 2.05) is 18.2 Å². The SMILES string of the molecule is O=C(O)Nc1nc2ccccc2[nH]1. The molecule has 1 heterocycles. The number of aromatic nitrogens is 2. The molecule has 0 atom stereocenters. The van der Waals surface area contributed by atoms with Gasteiger partial charge in [-0.15, -0.1) is 0 Å². The number of aromatic amines is 1. The van der Waals surface area contributed by atoms with E-state index in [0.29, 0.717) is 0 Å². The van der Waals surface area contributed by atoms with Gasteiger partial charge < -0.3 is 10.1 Å². The first-order chi connectivity index (χ1) is 6.25. The van der Waals surface area contributed by atoms with Crippen LogP contribution in [-0.2, 0) is 0 Å². The largest absolute Gasteiger partial charge is 0.465 e. The third-order valence-electron chi connectivity index (χ3n) is 1.61. The molecule has 0 bridgehead atoms. The molecule has 2 rings (SSSR count). The molecule has 3 N–H and O–H groups in total. The lowest BCUT2D eigenvalue weighted by Gasteiger charge is -1.90. The maximum atomic E-state index is 10.3. The molecule has 0 aliphatic carbocycles. The van der Waals surface area contributed by atoms with Crippen molar-refractivity contribution in [2.75, 3.05) is 5.32 Å². The molecule has 0 unspecified atom stereocenters. The van der Waals surface area contributed by atoms with E-state index in [1.54, 1.807) is 6.07 Å². The molecular formula is C8H7N3O2. The highest BCUT2D eigenvalue weighted by molar-refractivity contribution is 5.84. The van der Waals surface area contributed by atoms with Crippen molar-refractivity contribution in [1.82, 2.24) is 9.97 Å². The van der Waals surface area contributed by atoms with Gasteiger partial charge in [0.15, 0.2) is 0 Å². The molecule has 5 heteroatoms. The Balaban J connectivity index is 2.44. The van der Waals surface area contributed by atoms with E-state index >= 15 is 0 Å². The fraction of sp³-hybridized carbons (Fsp3) is 0.